The lowest BCUT2D eigenvalue weighted by Crippen LogP contribution is -2.65. The average Bonchev–Trinajstić information content (AvgIpc) is 2.34. The van der Waals surface area contributed by atoms with Crippen LogP contribution in [0, 0.1) is 0 Å². The number of quaternary nitrogens is 1. The molecule has 0 saturated carbocycles. The molecule has 0 radical (unpaired) electrons. The van der Waals surface area contributed by atoms with Crippen LogP contribution in [0.25, 0.3) is 0 Å². The fourth-order valence-corrected chi connectivity index (χ4v) is 1.28. The molecule has 0 spiro atoms. The van der Waals surface area contributed by atoms with Crippen molar-refractivity contribution in [1.82, 2.24) is 0 Å². The molecule has 1 aromatic carbocycles. The van der Waals surface area contributed by atoms with E-state index in [-0.39, 0.29) is 12.0 Å². The maximum atomic E-state index is 11.5. The molecule has 16 heavy (non-hydrogen) atoms. The molecule has 0 aliphatic rings. The van der Waals surface area contributed by atoms with Crippen molar-refractivity contribution >= 4 is 5.97 Å². The Labute approximate surface area is 95.9 Å². The normalized spacial score (nSPS) is 11.8. The van der Waals surface area contributed by atoms with E-state index in [1.54, 1.807) is 6.08 Å². The molecule has 1 rings (SSSR count). The third kappa shape index (κ3) is 4.28. The number of rotatable bonds is 6. The maximum Gasteiger partial charge on any atom is 0.365 e. The van der Waals surface area contributed by atoms with E-state index in [1.807, 2.05) is 30.3 Å². The van der Waals surface area contributed by atoms with E-state index in [0.29, 0.717) is 13.0 Å². The van der Waals surface area contributed by atoms with E-state index in [4.69, 9.17) is 4.74 Å². The van der Waals surface area contributed by atoms with Crippen molar-refractivity contribution < 1.29 is 15.3 Å². The van der Waals surface area contributed by atoms with E-state index < -0.39 is 0 Å². The van der Waals surface area contributed by atoms with Gasteiger partial charge in [0.15, 0.2) is 6.04 Å². The summed E-state index contributed by atoms with van der Waals surface area (Å²) in [7, 11) is 0. The third-order valence-electron chi connectivity index (χ3n) is 2.28. The minimum atomic E-state index is -0.304. The lowest BCUT2D eigenvalue weighted by atomic mass is 10.2. The van der Waals surface area contributed by atoms with Gasteiger partial charge in [-0.05, 0) is 12.0 Å². The minimum Gasteiger partial charge on any atom is -0.456 e. The Hall–Kier alpha value is -1.61. The molecule has 0 amide bonds. The molecule has 1 atom stereocenters. The van der Waals surface area contributed by atoms with Gasteiger partial charge in [0.2, 0.25) is 0 Å². The van der Waals surface area contributed by atoms with E-state index in [1.165, 1.54) is 0 Å². The van der Waals surface area contributed by atoms with Crippen LogP contribution in [-0.4, -0.2) is 12.0 Å². The molecule has 0 heterocycles. The topological polar surface area (TPSA) is 53.9 Å². The Kier molecular flexibility index (Phi) is 5.29. The number of hydrogen-bond acceptors (Lipinski definition) is 2. The molecule has 0 fully saturated rings. The standard InChI is InChI=1S/C13H17NO2/c1-2-3-9-12(14)13(15)16-10-11-7-5-4-6-8-11/h2,4-8,12H,1,3,9-10,14H2/p+1/t12-/m0/s1. The zero-order valence-electron chi connectivity index (χ0n) is 9.39. The van der Waals surface area contributed by atoms with Crippen LogP contribution in [0.3, 0.4) is 0 Å². The van der Waals surface area contributed by atoms with Crippen LogP contribution in [0.1, 0.15) is 18.4 Å². The molecule has 3 N–H and O–H groups in total. The van der Waals surface area contributed by atoms with Gasteiger partial charge in [-0.3, -0.25) is 0 Å². The van der Waals surface area contributed by atoms with Gasteiger partial charge in [0, 0.05) is 6.42 Å². The Morgan fingerprint density at radius 3 is 2.75 bits per heavy atom. The third-order valence-corrected chi connectivity index (χ3v) is 2.28. The second-order valence-corrected chi connectivity index (χ2v) is 3.66. The number of ether oxygens (including phenoxy) is 1. The van der Waals surface area contributed by atoms with Crippen LogP contribution >= 0.6 is 0 Å². The first kappa shape index (κ1) is 12.5. The first-order valence-electron chi connectivity index (χ1n) is 5.38. The Morgan fingerprint density at radius 2 is 2.12 bits per heavy atom. The molecule has 0 aliphatic carbocycles. The van der Waals surface area contributed by atoms with Crippen molar-refractivity contribution in [1.29, 1.82) is 0 Å². The van der Waals surface area contributed by atoms with Gasteiger partial charge in [-0.1, -0.05) is 36.4 Å². The van der Waals surface area contributed by atoms with Crippen molar-refractivity contribution in [2.45, 2.75) is 25.5 Å². The number of carbonyl (C=O) groups is 1. The van der Waals surface area contributed by atoms with Crippen molar-refractivity contribution in [3.8, 4) is 0 Å². The summed E-state index contributed by atoms with van der Waals surface area (Å²) in [6, 6.07) is 9.32. The zero-order chi connectivity index (χ0) is 11.8. The van der Waals surface area contributed by atoms with Gasteiger partial charge in [-0.25, -0.2) is 4.79 Å². The van der Waals surface area contributed by atoms with Gasteiger partial charge in [0.05, 0.1) is 0 Å². The highest BCUT2D eigenvalue weighted by atomic mass is 16.5. The van der Waals surface area contributed by atoms with Gasteiger partial charge in [0.1, 0.15) is 6.61 Å². The predicted molar refractivity (Wildman–Crippen MR) is 62.3 cm³/mol. The van der Waals surface area contributed by atoms with Crippen LogP contribution in [0.4, 0.5) is 0 Å². The summed E-state index contributed by atoms with van der Waals surface area (Å²) in [5.74, 6) is -0.245. The summed E-state index contributed by atoms with van der Waals surface area (Å²) in [6.45, 7) is 3.92. The lowest BCUT2D eigenvalue weighted by molar-refractivity contribution is -0.409. The Morgan fingerprint density at radius 1 is 1.44 bits per heavy atom. The van der Waals surface area contributed by atoms with Gasteiger partial charge in [-0.15, -0.1) is 6.58 Å². The molecule has 0 aromatic heterocycles. The molecule has 0 unspecified atom stereocenters. The minimum absolute atomic E-state index is 0.245. The van der Waals surface area contributed by atoms with Crippen LogP contribution in [0.2, 0.25) is 0 Å². The highest BCUT2D eigenvalue weighted by molar-refractivity contribution is 5.73. The Balaban J connectivity index is 2.32. The van der Waals surface area contributed by atoms with Gasteiger partial charge in [-0.2, -0.15) is 0 Å². The smallest absolute Gasteiger partial charge is 0.365 e. The highest BCUT2D eigenvalue weighted by Gasteiger charge is 2.17. The van der Waals surface area contributed by atoms with Crippen LogP contribution in [0.5, 0.6) is 0 Å². The zero-order valence-corrected chi connectivity index (χ0v) is 9.39. The summed E-state index contributed by atoms with van der Waals surface area (Å²) in [5.41, 5.74) is 4.76. The fourth-order valence-electron chi connectivity index (χ4n) is 1.28. The summed E-state index contributed by atoms with van der Waals surface area (Å²) in [6.07, 6.45) is 3.26. The Bertz CT molecular complexity index is 335. The number of benzene rings is 1. The number of carbonyl (C=O) groups excluding carboxylic acids is 1. The second kappa shape index (κ2) is 6.80. The van der Waals surface area contributed by atoms with Gasteiger partial charge < -0.3 is 10.5 Å². The summed E-state index contributed by atoms with van der Waals surface area (Å²) in [4.78, 5) is 11.5. The van der Waals surface area contributed by atoms with Crippen LogP contribution in [-0.2, 0) is 16.1 Å². The van der Waals surface area contributed by atoms with E-state index >= 15 is 0 Å². The van der Waals surface area contributed by atoms with E-state index in [0.717, 1.165) is 12.0 Å². The summed E-state index contributed by atoms with van der Waals surface area (Å²) < 4.78 is 5.15. The molecular formula is C13H18NO2+. The van der Waals surface area contributed by atoms with E-state index in [9.17, 15) is 4.79 Å². The van der Waals surface area contributed by atoms with Crippen LogP contribution in [0.15, 0.2) is 43.0 Å². The first-order valence-corrected chi connectivity index (χ1v) is 5.38. The van der Waals surface area contributed by atoms with Crippen molar-refractivity contribution in [2.75, 3.05) is 0 Å². The molecule has 0 bridgehead atoms. The summed E-state index contributed by atoms with van der Waals surface area (Å²) >= 11 is 0. The van der Waals surface area contributed by atoms with E-state index in [2.05, 4.69) is 12.3 Å². The lowest BCUT2D eigenvalue weighted by Gasteiger charge is -2.07. The number of esters is 1. The number of hydrogen-bond donors (Lipinski definition) is 1. The number of allylic oxidation sites excluding steroid dienone is 1. The van der Waals surface area contributed by atoms with Gasteiger partial charge in [0.25, 0.3) is 0 Å². The first-order chi connectivity index (χ1) is 7.74. The average molecular weight is 220 g/mol. The van der Waals surface area contributed by atoms with Crippen molar-refractivity contribution in [3.05, 3.63) is 48.6 Å². The summed E-state index contributed by atoms with van der Waals surface area (Å²) in [5, 5.41) is 0. The SMILES string of the molecule is C=CCC[C@H]([NH3+])C(=O)OCc1ccccc1. The molecule has 0 saturated heterocycles. The second-order valence-electron chi connectivity index (χ2n) is 3.66. The monoisotopic (exact) mass is 220 g/mol. The van der Waals surface area contributed by atoms with Crippen LogP contribution < -0.4 is 5.73 Å². The molecule has 3 heteroatoms. The molecule has 3 nitrogen and oxygen atoms in total. The molecule has 86 valence electrons. The molecule has 1 aromatic rings. The predicted octanol–water partition coefficient (Wildman–Crippen LogP) is 1.31. The van der Waals surface area contributed by atoms with Crippen molar-refractivity contribution in [3.63, 3.8) is 0 Å². The largest absolute Gasteiger partial charge is 0.456 e. The molecule has 0 aliphatic heterocycles. The van der Waals surface area contributed by atoms with Crippen molar-refractivity contribution in [2.24, 2.45) is 0 Å². The van der Waals surface area contributed by atoms with Gasteiger partial charge >= 0.3 is 5.97 Å². The maximum absolute atomic E-state index is 11.5. The highest BCUT2D eigenvalue weighted by Crippen LogP contribution is 2.02. The molecular weight excluding hydrogens is 202 g/mol. The fraction of sp³-hybridized carbons (Fsp3) is 0.308. The quantitative estimate of drug-likeness (QED) is 0.580.